The van der Waals surface area contributed by atoms with Crippen LogP contribution in [0.1, 0.15) is 24.8 Å². The molecule has 3 aromatic rings. The molecule has 1 fully saturated rings. The quantitative estimate of drug-likeness (QED) is 0.610. The van der Waals surface area contributed by atoms with E-state index in [1.54, 1.807) is 0 Å². The van der Waals surface area contributed by atoms with Crippen molar-refractivity contribution in [1.82, 2.24) is 9.47 Å². The largest absolute Gasteiger partial charge is 0.492 e. The molecule has 0 aliphatic carbocycles. The van der Waals surface area contributed by atoms with Crippen LogP contribution in [-0.2, 0) is 13.6 Å². The van der Waals surface area contributed by atoms with Crippen molar-refractivity contribution in [3.63, 3.8) is 0 Å². The fraction of sp³-hybridized carbons (Fsp3) is 0.364. The molecule has 4 heteroatoms. The van der Waals surface area contributed by atoms with Gasteiger partial charge in [-0.05, 0) is 55.3 Å². The van der Waals surface area contributed by atoms with Crippen LogP contribution in [0.5, 0.6) is 5.75 Å². The van der Waals surface area contributed by atoms with Crippen molar-refractivity contribution in [3.05, 3.63) is 65.3 Å². The van der Waals surface area contributed by atoms with Crippen molar-refractivity contribution in [2.45, 2.75) is 31.8 Å². The molecule has 136 valence electrons. The molecule has 0 spiro atoms. The Morgan fingerprint density at radius 1 is 1.08 bits per heavy atom. The molecule has 2 aromatic carbocycles. The summed E-state index contributed by atoms with van der Waals surface area (Å²) in [7, 11) is 2.13. The van der Waals surface area contributed by atoms with Gasteiger partial charge in [-0.2, -0.15) is 0 Å². The van der Waals surface area contributed by atoms with Crippen LogP contribution in [0.3, 0.4) is 0 Å². The summed E-state index contributed by atoms with van der Waals surface area (Å²) in [6.07, 6.45) is 6.01. The molecule has 0 bridgehead atoms. The highest BCUT2D eigenvalue weighted by atomic mass is 35.5. The Balaban J connectivity index is 1.47. The Kier molecular flexibility index (Phi) is 5.18. The molecule has 0 radical (unpaired) electrons. The molecule has 26 heavy (non-hydrogen) atoms. The van der Waals surface area contributed by atoms with E-state index in [0.29, 0.717) is 6.04 Å². The number of nitrogens with zero attached hydrogens (tertiary/aromatic N) is 2. The summed E-state index contributed by atoms with van der Waals surface area (Å²) in [4.78, 5) is 2.58. The van der Waals surface area contributed by atoms with Crippen LogP contribution in [-0.4, -0.2) is 28.7 Å². The number of benzene rings is 2. The van der Waals surface area contributed by atoms with Gasteiger partial charge in [0.1, 0.15) is 12.4 Å². The third-order valence-corrected chi connectivity index (χ3v) is 5.61. The molecule has 0 saturated carbocycles. The van der Waals surface area contributed by atoms with Crippen LogP contribution >= 0.6 is 11.6 Å². The molecule has 2 heterocycles. The second-order valence-electron chi connectivity index (χ2n) is 7.17. The Labute approximate surface area is 160 Å². The average Bonchev–Trinajstić information content (AvgIpc) is 2.98. The van der Waals surface area contributed by atoms with Gasteiger partial charge in [-0.15, -0.1) is 0 Å². The first-order chi connectivity index (χ1) is 12.7. The summed E-state index contributed by atoms with van der Waals surface area (Å²) in [5.41, 5.74) is 2.70. The SMILES string of the molecule is Cn1cc(CN2CCCCC2COc2ccc(Cl)cc2)c2ccccc21. The number of piperidine rings is 1. The van der Waals surface area contributed by atoms with Crippen molar-refractivity contribution in [3.8, 4) is 5.75 Å². The Morgan fingerprint density at radius 3 is 2.73 bits per heavy atom. The number of rotatable bonds is 5. The molecule has 1 unspecified atom stereocenters. The lowest BCUT2D eigenvalue weighted by atomic mass is 10.0. The average molecular weight is 369 g/mol. The molecule has 1 aromatic heterocycles. The lowest BCUT2D eigenvalue weighted by Gasteiger charge is -2.35. The zero-order valence-corrected chi connectivity index (χ0v) is 16.0. The first-order valence-electron chi connectivity index (χ1n) is 9.36. The van der Waals surface area contributed by atoms with Crippen molar-refractivity contribution in [2.24, 2.45) is 7.05 Å². The zero-order chi connectivity index (χ0) is 17.9. The number of aryl methyl sites for hydroxylation is 1. The maximum absolute atomic E-state index is 6.06. The number of likely N-dealkylation sites (tertiary alicyclic amines) is 1. The molecule has 0 amide bonds. The highest BCUT2D eigenvalue weighted by Crippen LogP contribution is 2.26. The van der Waals surface area contributed by atoms with Crippen molar-refractivity contribution in [2.75, 3.05) is 13.2 Å². The third-order valence-electron chi connectivity index (χ3n) is 5.36. The van der Waals surface area contributed by atoms with E-state index in [1.165, 1.54) is 35.7 Å². The first-order valence-corrected chi connectivity index (χ1v) is 9.74. The molecule has 1 atom stereocenters. The second kappa shape index (κ2) is 7.73. The van der Waals surface area contributed by atoms with Gasteiger partial charge in [-0.1, -0.05) is 36.2 Å². The highest BCUT2D eigenvalue weighted by molar-refractivity contribution is 6.30. The summed E-state index contributed by atoms with van der Waals surface area (Å²) in [6, 6.07) is 16.8. The van der Waals surface area contributed by atoms with Crippen LogP contribution in [0.2, 0.25) is 5.02 Å². The van der Waals surface area contributed by atoms with Gasteiger partial charge in [0.15, 0.2) is 0 Å². The van der Waals surface area contributed by atoms with E-state index in [4.69, 9.17) is 16.3 Å². The molecular formula is C22H25ClN2O. The lowest BCUT2D eigenvalue weighted by Crippen LogP contribution is -2.42. The van der Waals surface area contributed by atoms with Gasteiger partial charge in [0.25, 0.3) is 0 Å². The minimum absolute atomic E-state index is 0.457. The second-order valence-corrected chi connectivity index (χ2v) is 7.60. The standard InChI is InChI=1S/C22H25ClN2O/c1-24-14-17(21-7-2-3-8-22(21)24)15-25-13-5-4-6-19(25)16-26-20-11-9-18(23)10-12-20/h2-3,7-12,14,19H,4-6,13,15-16H2,1H3. The highest BCUT2D eigenvalue weighted by Gasteiger charge is 2.24. The number of ether oxygens (including phenoxy) is 1. The van der Waals surface area contributed by atoms with Crippen molar-refractivity contribution in [1.29, 1.82) is 0 Å². The Hall–Kier alpha value is -1.97. The predicted molar refractivity (Wildman–Crippen MR) is 108 cm³/mol. The van der Waals surface area contributed by atoms with E-state index in [0.717, 1.165) is 30.5 Å². The number of aromatic nitrogens is 1. The topological polar surface area (TPSA) is 17.4 Å². The summed E-state index contributed by atoms with van der Waals surface area (Å²) in [5, 5.41) is 2.10. The van der Waals surface area contributed by atoms with Gasteiger partial charge < -0.3 is 9.30 Å². The van der Waals surface area contributed by atoms with Crippen molar-refractivity contribution < 1.29 is 4.74 Å². The minimum atomic E-state index is 0.457. The first kappa shape index (κ1) is 17.4. The van der Waals surface area contributed by atoms with Gasteiger partial charge >= 0.3 is 0 Å². The molecular weight excluding hydrogens is 344 g/mol. The summed E-state index contributed by atoms with van der Waals surface area (Å²) >= 11 is 5.96. The summed E-state index contributed by atoms with van der Waals surface area (Å²) in [6.45, 7) is 2.85. The van der Waals surface area contributed by atoms with Crippen LogP contribution in [0, 0.1) is 0 Å². The number of para-hydroxylation sites is 1. The van der Waals surface area contributed by atoms with Gasteiger partial charge in [-0.3, -0.25) is 4.90 Å². The number of hydrogen-bond acceptors (Lipinski definition) is 2. The van der Waals surface area contributed by atoms with Crippen LogP contribution in [0.25, 0.3) is 10.9 Å². The maximum Gasteiger partial charge on any atom is 0.119 e. The third kappa shape index (κ3) is 3.74. The smallest absolute Gasteiger partial charge is 0.119 e. The fourth-order valence-corrected chi connectivity index (χ4v) is 4.08. The van der Waals surface area contributed by atoms with E-state index in [9.17, 15) is 0 Å². The number of fused-ring (bicyclic) bond motifs is 1. The molecule has 0 N–H and O–H groups in total. The lowest BCUT2D eigenvalue weighted by molar-refractivity contribution is 0.0936. The Bertz CT molecular complexity index is 871. The summed E-state index contributed by atoms with van der Waals surface area (Å²) in [5.74, 6) is 0.894. The van der Waals surface area contributed by atoms with Gasteiger partial charge in [-0.25, -0.2) is 0 Å². The molecule has 3 nitrogen and oxygen atoms in total. The fourth-order valence-electron chi connectivity index (χ4n) is 3.95. The van der Waals surface area contributed by atoms with Crippen LogP contribution in [0.4, 0.5) is 0 Å². The van der Waals surface area contributed by atoms with E-state index in [2.05, 4.69) is 47.0 Å². The van der Waals surface area contributed by atoms with E-state index < -0.39 is 0 Å². The molecule has 1 aliphatic heterocycles. The molecule has 1 saturated heterocycles. The summed E-state index contributed by atoms with van der Waals surface area (Å²) < 4.78 is 8.29. The van der Waals surface area contributed by atoms with E-state index in [-0.39, 0.29) is 0 Å². The van der Waals surface area contributed by atoms with E-state index in [1.807, 2.05) is 24.3 Å². The van der Waals surface area contributed by atoms with Crippen LogP contribution < -0.4 is 4.74 Å². The van der Waals surface area contributed by atoms with Gasteiger partial charge in [0.2, 0.25) is 0 Å². The Morgan fingerprint density at radius 2 is 1.88 bits per heavy atom. The van der Waals surface area contributed by atoms with Gasteiger partial charge in [0, 0.05) is 41.8 Å². The monoisotopic (exact) mass is 368 g/mol. The van der Waals surface area contributed by atoms with Gasteiger partial charge in [0.05, 0.1) is 0 Å². The molecule has 1 aliphatic rings. The van der Waals surface area contributed by atoms with E-state index >= 15 is 0 Å². The number of halogens is 1. The number of hydrogen-bond donors (Lipinski definition) is 0. The maximum atomic E-state index is 6.06. The van der Waals surface area contributed by atoms with Crippen molar-refractivity contribution >= 4 is 22.5 Å². The zero-order valence-electron chi connectivity index (χ0n) is 15.2. The predicted octanol–water partition coefficient (Wildman–Crippen LogP) is 5.27. The normalized spacial score (nSPS) is 18.3. The minimum Gasteiger partial charge on any atom is -0.492 e. The van der Waals surface area contributed by atoms with Crippen LogP contribution in [0.15, 0.2) is 54.7 Å². The molecule has 4 rings (SSSR count).